The Hall–Kier alpha value is -2.07. The Morgan fingerprint density at radius 2 is 1.89 bits per heavy atom. The van der Waals surface area contributed by atoms with E-state index in [4.69, 9.17) is 9.47 Å². The topological polar surface area (TPSA) is 51.6 Å². The summed E-state index contributed by atoms with van der Waals surface area (Å²) in [5.41, 5.74) is 1.37. The van der Waals surface area contributed by atoms with Gasteiger partial charge < -0.3 is 14.6 Å². The zero-order chi connectivity index (χ0) is 13.0. The number of aliphatic hydroxyl groups excluding tert-OH is 1. The lowest BCUT2D eigenvalue weighted by Crippen LogP contribution is -2.03. The molecule has 0 fully saturated rings. The van der Waals surface area contributed by atoms with Crippen LogP contribution >= 0.6 is 0 Å². The quantitative estimate of drug-likeness (QED) is 0.897. The minimum atomic E-state index is -0.788. The summed E-state index contributed by atoms with van der Waals surface area (Å²) in [6, 6.07) is 9.10. The molecule has 2 aromatic rings. The molecule has 0 radical (unpaired) electrons. The van der Waals surface area contributed by atoms with E-state index in [2.05, 4.69) is 4.98 Å². The minimum Gasteiger partial charge on any atom is -0.496 e. The van der Waals surface area contributed by atoms with E-state index in [-0.39, 0.29) is 0 Å². The van der Waals surface area contributed by atoms with Gasteiger partial charge in [-0.1, -0.05) is 18.2 Å². The second-order valence-corrected chi connectivity index (χ2v) is 3.80. The fourth-order valence-electron chi connectivity index (χ4n) is 1.77. The molecule has 1 unspecified atom stereocenters. The molecule has 0 amide bonds. The van der Waals surface area contributed by atoms with Gasteiger partial charge in [0.2, 0.25) is 0 Å². The molecule has 4 heteroatoms. The van der Waals surface area contributed by atoms with Gasteiger partial charge in [0.1, 0.15) is 17.6 Å². The summed E-state index contributed by atoms with van der Waals surface area (Å²) in [5, 5.41) is 10.3. The van der Waals surface area contributed by atoms with Crippen molar-refractivity contribution >= 4 is 0 Å². The van der Waals surface area contributed by atoms with Gasteiger partial charge in [-0.05, 0) is 12.1 Å². The van der Waals surface area contributed by atoms with E-state index < -0.39 is 6.10 Å². The molecule has 0 aliphatic carbocycles. The molecule has 0 aliphatic rings. The van der Waals surface area contributed by atoms with Crippen molar-refractivity contribution in [1.82, 2.24) is 4.98 Å². The van der Waals surface area contributed by atoms with Gasteiger partial charge in [0.15, 0.2) is 0 Å². The van der Waals surface area contributed by atoms with Crippen LogP contribution in [0.4, 0.5) is 0 Å². The van der Waals surface area contributed by atoms with Crippen LogP contribution in [0.1, 0.15) is 17.2 Å². The maximum absolute atomic E-state index is 10.3. The summed E-state index contributed by atoms with van der Waals surface area (Å²) in [6.07, 6.45) is 2.42. The Morgan fingerprint density at radius 1 is 1.11 bits per heavy atom. The Balaban J connectivity index is 2.37. The van der Waals surface area contributed by atoms with Gasteiger partial charge in [-0.3, -0.25) is 4.98 Å². The monoisotopic (exact) mass is 245 g/mol. The highest BCUT2D eigenvalue weighted by Gasteiger charge is 2.15. The highest BCUT2D eigenvalue weighted by molar-refractivity contribution is 5.40. The van der Waals surface area contributed by atoms with Crippen molar-refractivity contribution in [2.24, 2.45) is 0 Å². The third kappa shape index (κ3) is 2.43. The van der Waals surface area contributed by atoms with Gasteiger partial charge in [0.25, 0.3) is 0 Å². The molecule has 4 nitrogen and oxygen atoms in total. The average molecular weight is 245 g/mol. The van der Waals surface area contributed by atoms with Crippen molar-refractivity contribution in [2.75, 3.05) is 14.2 Å². The Labute approximate surface area is 106 Å². The number of rotatable bonds is 4. The lowest BCUT2D eigenvalue weighted by Gasteiger charge is -2.15. The Kier molecular flexibility index (Phi) is 3.79. The number of nitrogens with zero attached hydrogens (tertiary/aromatic N) is 1. The first-order chi connectivity index (χ1) is 8.76. The molecule has 1 N–H and O–H groups in total. The molecule has 94 valence electrons. The van der Waals surface area contributed by atoms with Crippen LogP contribution in [0, 0.1) is 0 Å². The number of ether oxygens (including phenoxy) is 2. The summed E-state index contributed by atoms with van der Waals surface area (Å²) >= 11 is 0. The number of pyridine rings is 1. The van der Waals surface area contributed by atoms with Gasteiger partial charge >= 0.3 is 0 Å². The number of aliphatic hydroxyl groups is 1. The maximum Gasteiger partial charge on any atom is 0.137 e. The summed E-state index contributed by atoms with van der Waals surface area (Å²) in [7, 11) is 3.14. The summed E-state index contributed by atoms with van der Waals surface area (Å²) < 4.78 is 10.3. The number of benzene rings is 1. The van der Waals surface area contributed by atoms with Crippen LogP contribution in [-0.4, -0.2) is 24.3 Å². The molecule has 0 saturated carbocycles. The van der Waals surface area contributed by atoms with Crippen LogP contribution in [0.15, 0.2) is 42.7 Å². The number of para-hydroxylation sites is 1. The highest BCUT2D eigenvalue weighted by Crippen LogP contribution is 2.30. The molecular weight excluding hydrogens is 230 g/mol. The van der Waals surface area contributed by atoms with Crippen LogP contribution in [0.2, 0.25) is 0 Å². The number of aromatic nitrogens is 1. The van der Waals surface area contributed by atoms with Crippen molar-refractivity contribution in [3.05, 3.63) is 53.9 Å². The van der Waals surface area contributed by atoms with Gasteiger partial charge in [-0.2, -0.15) is 0 Å². The fraction of sp³-hybridized carbons (Fsp3) is 0.214. The average Bonchev–Trinajstić information content (AvgIpc) is 2.46. The Morgan fingerprint density at radius 3 is 2.61 bits per heavy atom. The van der Waals surface area contributed by atoms with Crippen LogP contribution in [-0.2, 0) is 0 Å². The van der Waals surface area contributed by atoms with Crippen molar-refractivity contribution in [2.45, 2.75) is 6.10 Å². The van der Waals surface area contributed by atoms with E-state index in [1.54, 1.807) is 32.7 Å². The van der Waals surface area contributed by atoms with Gasteiger partial charge in [0.05, 0.1) is 20.4 Å². The highest BCUT2D eigenvalue weighted by atomic mass is 16.5. The second-order valence-electron chi connectivity index (χ2n) is 3.80. The Bertz CT molecular complexity index is 528. The van der Waals surface area contributed by atoms with Crippen molar-refractivity contribution in [3.8, 4) is 11.5 Å². The molecule has 1 heterocycles. The summed E-state index contributed by atoms with van der Waals surface area (Å²) in [4.78, 5) is 4.03. The van der Waals surface area contributed by atoms with Gasteiger partial charge in [-0.15, -0.1) is 0 Å². The number of hydrogen-bond donors (Lipinski definition) is 1. The normalized spacial score (nSPS) is 11.9. The van der Waals surface area contributed by atoms with Gasteiger partial charge in [0, 0.05) is 17.3 Å². The lowest BCUT2D eigenvalue weighted by molar-refractivity contribution is 0.213. The standard InChI is InChI=1S/C14H15NO3/c1-17-11-7-10(8-15-9-11)14(16)12-5-3-4-6-13(12)18-2/h3-9,14,16H,1-2H3. The first kappa shape index (κ1) is 12.4. The van der Waals surface area contributed by atoms with E-state index in [9.17, 15) is 5.11 Å². The molecule has 18 heavy (non-hydrogen) atoms. The van der Waals surface area contributed by atoms with Gasteiger partial charge in [-0.25, -0.2) is 0 Å². The largest absolute Gasteiger partial charge is 0.496 e. The van der Waals surface area contributed by atoms with E-state index in [1.807, 2.05) is 24.3 Å². The van der Waals surface area contributed by atoms with Crippen LogP contribution in [0.25, 0.3) is 0 Å². The third-order valence-corrected chi connectivity index (χ3v) is 2.72. The second kappa shape index (κ2) is 5.51. The van der Waals surface area contributed by atoms with Crippen LogP contribution < -0.4 is 9.47 Å². The molecule has 0 spiro atoms. The van der Waals surface area contributed by atoms with E-state index in [0.717, 1.165) is 0 Å². The SMILES string of the molecule is COc1cncc(C(O)c2ccccc2OC)c1. The molecule has 0 aliphatic heterocycles. The van der Waals surface area contributed by atoms with E-state index in [0.29, 0.717) is 22.6 Å². The van der Waals surface area contributed by atoms with Crippen molar-refractivity contribution < 1.29 is 14.6 Å². The van der Waals surface area contributed by atoms with E-state index >= 15 is 0 Å². The zero-order valence-corrected chi connectivity index (χ0v) is 10.3. The van der Waals surface area contributed by atoms with Crippen LogP contribution in [0.3, 0.4) is 0 Å². The molecule has 0 bridgehead atoms. The number of hydrogen-bond acceptors (Lipinski definition) is 4. The van der Waals surface area contributed by atoms with E-state index in [1.165, 1.54) is 0 Å². The maximum atomic E-state index is 10.3. The summed E-state index contributed by atoms with van der Waals surface area (Å²) in [5.74, 6) is 1.26. The van der Waals surface area contributed by atoms with Crippen LogP contribution in [0.5, 0.6) is 11.5 Å². The van der Waals surface area contributed by atoms with Crippen molar-refractivity contribution in [3.63, 3.8) is 0 Å². The minimum absolute atomic E-state index is 0.612. The first-order valence-electron chi connectivity index (χ1n) is 5.56. The molecule has 2 rings (SSSR count). The fourth-order valence-corrected chi connectivity index (χ4v) is 1.77. The molecular formula is C14H15NO3. The molecule has 1 aromatic heterocycles. The molecule has 0 saturated heterocycles. The first-order valence-corrected chi connectivity index (χ1v) is 5.56. The smallest absolute Gasteiger partial charge is 0.137 e. The lowest BCUT2D eigenvalue weighted by atomic mass is 10.0. The van der Waals surface area contributed by atoms with Crippen molar-refractivity contribution in [1.29, 1.82) is 0 Å². The zero-order valence-electron chi connectivity index (χ0n) is 10.3. The summed E-state index contributed by atoms with van der Waals surface area (Å²) in [6.45, 7) is 0. The third-order valence-electron chi connectivity index (χ3n) is 2.72. The molecule has 1 atom stereocenters. The predicted molar refractivity (Wildman–Crippen MR) is 67.8 cm³/mol. The predicted octanol–water partition coefficient (Wildman–Crippen LogP) is 2.18. The number of methoxy groups -OCH3 is 2. The molecule has 1 aromatic carbocycles.